The quantitative estimate of drug-likeness (QED) is 0.527. The first-order chi connectivity index (χ1) is 14.8. The molecule has 2 aliphatic carbocycles. The summed E-state index contributed by atoms with van der Waals surface area (Å²) in [7, 11) is 0. The Balaban J connectivity index is 1.22. The minimum atomic E-state index is 0.111. The van der Waals surface area contributed by atoms with Crippen molar-refractivity contribution in [3.63, 3.8) is 0 Å². The van der Waals surface area contributed by atoms with E-state index in [1.807, 2.05) is 23.6 Å². The fraction of sp³-hybridized carbons (Fsp3) is 0.654. The van der Waals surface area contributed by atoms with E-state index in [1.165, 1.54) is 61.9 Å². The van der Waals surface area contributed by atoms with E-state index in [2.05, 4.69) is 29.6 Å². The Kier molecular flexibility index (Phi) is 6.27. The molecule has 30 heavy (non-hydrogen) atoms. The molecule has 1 saturated heterocycles. The van der Waals surface area contributed by atoms with Crippen LogP contribution in [0.1, 0.15) is 92.0 Å². The normalized spacial score (nSPS) is 26.5. The van der Waals surface area contributed by atoms with E-state index >= 15 is 0 Å². The van der Waals surface area contributed by atoms with Crippen LogP contribution in [-0.4, -0.2) is 23.7 Å². The van der Waals surface area contributed by atoms with Crippen molar-refractivity contribution in [2.75, 3.05) is 13.2 Å². The van der Waals surface area contributed by atoms with Gasteiger partial charge in [0.2, 0.25) is 0 Å². The Morgan fingerprint density at radius 1 is 1.03 bits per heavy atom. The van der Waals surface area contributed by atoms with Gasteiger partial charge in [-0.15, -0.1) is 11.3 Å². The van der Waals surface area contributed by atoms with Crippen LogP contribution in [-0.2, 0) is 16.7 Å². The summed E-state index contributed by atoms with van der Waals surface area (Å²) in [6, 6.07) is 11.2. The van der Waals surface area contributed by atoms with E-state index < -0.39 is 0 Å². The zero-order valence-electron chi connectivity index (χ0n) is 18.2. The Morgan fingerprint density at radius 3 is 2.70 bits per heavy atom. The van der Waals surface area contributed by atoms with Crippen molar-refractivity contribution in [2.24, 2.45) is 0 Å². The van der Waals surface area contributed by atoms with Crippen LogP contribution >= 0.6 is 11.3 Å². The summed E-state index contributed by atoms with van der Waals surface area (Å²) >= 11 is 2.03. The molecule has 2 aromatic heterocycles. The third kappa shape index (κ3) is 4.37. The van der Waals surface area contributed by atoms with E-state index in [9.17, 15) is 0 Å². The molecule has 0 aromatic carbocycles. The molecule has 3 aliphatic rings. The number of hydrogen-bond donors (Lipinski definition) is 1. The predicted molar refractivity (Wildman–Crippen MR) is 124 cm³/mol. The van der Waals surface area contributed by atoms with Crippen molar-refractivity contribution in [1.82, 2.24) is 10.3 Å². The number of nitrogens with zero attached hydrogens (tertiary/aromatic N) is 1. The van der Waals surface area contributed by atoms with Crippen LogP contribution in [0.2, 0.25) is 0 Å². The molecule has 3 heterocycles. The zero-order valence-corrected chi connectivity index (χ0v) is 19.0. The van der Waals surface area contributed by atoms with Crippen LogP contribution in [0.3, 0.4) is 0 Å². The van der Waals surface area contributed by atoms with Crippen molar-refractivity contribution in [3.8, 4) is 0 Å². The van der Waals surface area contributed by atoms with Crippen LogP contribution < -0.4 is 5.32 Å². The molecule has 0 radical (unpaired) electrons. The average Bonchev–Trinajstić information content (AvgIpc) is 3.54. The molecule has 2 saturated carbocycles. The monoisotopic (exact) mass is 424 g/mol. The maximum absolute atomic E-state index is 6.38. The van der Waals surface area contributed by atoms with Gasteiger partial charge in [0.15, 0.2) is 0 Å². The van der Waals surface area contributed by atoms with Gasteiger partial charge in [0, 0.05) is 40.2 Å². The average molecular weight is 425 g/mol. The Hall–Kier alpha value is -1.23. The van der Waals surface area contributed by atoms with Crippen molar-refractivity contribution in [2.45, 2.75) is 94.1 Å². The van der Waals surface area contributed by atoms with Crippen LogP contribution in [0, 0.1) is 0 Å². The van der Waals surface area contributed by atoms with Gasteiger partial charge in [-0.05, 0) is 81.7 Å². The van der Waals surface area contributed by atoms with Gasteiger partial charge in [-0.3, -0.25) is 4.98 Å². The maximum atomic E-state index is 6.38. The summed E-state index contributed by atoms with van der Waals surface area (Å²) in [6.45, 7) is 2.92. The predicted octanol–water partition coefficient (Wildman–Crippen LogP) is 6.34. The topological polar surface area (TPSA) is 34.1 Å². The molecule has 1 spiro atoms. The molecular weight excluding hydrogens is 388 g/mol. The van der Waals surface area contributed by atoms with Gasteiger partial charge >= 0.3 is 0 Å². The third-order valence-electron chi connectivity index (χ3n) is 7.89. The molecule has 3 fully saturated rings. The fourth-order valence-corrected chi connectivity index (χ4v) is 7.41. The highest BCUT2D eigenvalue weighted by molar-refractivity contribution is 7.12. The second kappa shape index (κ2) is 9.10. The number of aromatic nitrogens is 1. The van der Waals surface area contributed by atoms with Crippen LogP contribution in [0.25, 0.3) is 0 Å². The summed E-state index contributed by atoms with van der Waals surface area (Å²) in [4.78, 5) is 7.93. The van der Waals surface area contributed by atoms with Gasteiger partial charge < -0.3 is 10.1 Å². The summed E-state index contributed by atoms with van der Waals surface area (Å²) in [5.41, 5.74) is 1.54. The molecule has 162 valence electrons. The molecule has 1 N–H and O–H groups in total. The van der Waals surface area contributed by atoms with Gasteiger partial charge in [-0.25, -0.2) is 0 Å². The Morgan fingerprint density at radius 2 is 1.90 bits per heavy atom. The van der Waals surface area contributed by atoms with Crippen molar-refractivity contribution >= 4 is 11.3 Å². The summed E-state index contributed by atoms with van der Waals surface area (Å²) in [6.07, 6.45) is 16.1. The lowest BCUT2D eigenvalue weighted by Crippen LogP contribution is -2.47. The molecule has 0 amide bonds. The number of thiophene rings is 1. The second-order valence-corrected chi connectivity index (χ2v) is 11.1. The van der Waals surface area contributed by atoms with E-state index in [-0.39, 0.29) is 11.0 Å². The number of hydrogen-bond acceptors (Lipinski definition) is 4. The first-order valence-corrected chi connectivity index (χ1v) is 12.9. The van der Waals surface area contributed by atoms with Crippen LogP contribution in [0.15, 0.2) is 36.5 Å². The molecule has 1 aliphatic heterocycles. The molecule has 4 heteroatoms. The van der Waals surface area contributed by atoms with Crippen LogP contribution in [0.4, 0.5) is 0 Å². The highest BCUT2D eigenvalue weighted by Gasteiger charge is 2.48. The van der Waals surface area contributed by atoms with Gasteiger partial charge in [0.05, 0.1) is 5.60 Å². The number of pyridine rings is 1. The molecule has 1 atom stereocenters. The fourth-order valence-electron chi connectivity index (χ4n) is 6.25. The minimum absolute atomic E-state index is 0.111. The zero-order chi connectivity index (χ0) is 20.3. The number of rotatable bonds is 7. The summed E-state index contributed by atoms with van der Waals surface area (Å²) in [5, 5.41) is 3.77. The SMILES string of the molecule is c1ccc([C@]2(CCNCc3ccc(C4CCCC4)s3)CCOC3(CCCC3)C2)nc1. The Bertz CT molecular complexity index is 807. The van der Waals surface area contributed by atoms with Crippen molar-refractivity contribution in [1.29, 1.82) is 0 Å². The molecule has 3 nitrogen and oxygen atoms in total. The van der Waals surface area contributed by atoms with Gasteiger partial charge in [0.25, 0.3) is 0 Å². The molecule has 5 rings (SSSR count). The lowest BCUT2D eigenvalue weighted by atomic mass is 9.68. The molecular formula is C26H36N2OS. The number of ether oxygens (including phenoxy) is 1. The Labute approximate surface area is 185 Å². The van der Waals surface area contributed by atoms with E-state index in [0.29, 0.717) is 0 Å². The van der Waals surface area contributed by atoms with Crippen LogP contribution in [0.5, 0.6) is 0 Å². The lowest BCUT2D eigenvalue weighted by molar-refractivity contribution is -0.104. The van der Waals surface area contributed by atoms with E-state index in [0.717, 1.165) is 44.9 Å². The highest BCUT2D eigenvalue weighted by Crippen LogP contribution is 2.49. The smallest absolute Gasteiger partial charge is 0.0691 e. The van der Waals surface area contributed by atoms with Crippen molar-refractivity contribution < 1.29 is 4.74 Å². The lowest BCUT2D eigenvalue weighted by Gasteiger charge is -2.46. The minimum Gasteiger partial charge on any atom is -0.375 e. The van der Waals surface area contributed by atoms with Gasteiger partial charge in [0.1, 0.15) is 0 Å². The molecule has 0 unspecified atom stereocenters. The summed E-state index contributed by atoms with van der Waals surface area (Å²) in [5.74, 6) is 0.834. The van der Waals surface area contributed by atoms with Gasteiger partial charge in [-0.2, -0.15) is 0 Å². The first-order valence-electron chi connectivity index (χ1n) is 12.1. The number of nitrogens with one attached hydrogen (secondary N) is 1. The first kappa shape index (κ1) is 20.7. The highest BCUT2D eigenvalue weighted by atomic mass is 32.1. The van der Waals surface area contributed by atoms with E-state index in [4.69, 9.17) is 9.72 Å². The molecule has 2 aromatic rings. The van der Waals surface area contributed by atoms with E-state index in [1.54, 1.807) is 4.88 Å². The third-order valence-corrected chi connectivity index (χ3v) is 9.14. The van der Waals surface area contributed by atoms with Gasteiger partial charge in [-0.1, -0.05) is 31.7 Å². The molecule has 0 bridgehead atoms. The standard InChI is InChI=1S/C26H36N2OS/c1-2-8-21(7-1)23-11-10-22(30-23)19-27-17-14-25(24-9-3-6-16-28-24)15-18-29-26(20-25)12-4-5-13-26/h3,6,9-11,16,21,27H,1-2,4-5,7-8,12-15,17-20H2/t25-/m1/s1. The maximum Gasteiger partial charge on any atom is 0.0691 e. The second-order valence-electron chi connectivity index (χ2n) is 9.87. The largest absolute Gasteiger partial charge is 0.375 e. The summed E-state index contributed by atoms with van der Waals surface area (Å²) < 4.78 is 6.38. The van der Waals surface area contributed by atoms with Crippen molar-refractivity contribution in [3.05, 3.63) is 52.0 Å².